The van der Waals surface area contributed by atoms with Crippen molar-refractivity contribution in [1.29, 1.82) is 0 Å². The highest BCUT2D eigenvalue weighted by atomic mass is 35.5. The maximum Gasteiger partial charge on any atom is 0.307 e. The average Bonchev–Trinajstić information content (AvgIpc) is 2.66. The van der Waals surface area contributed by atoms with E-state index in [1.807, 2.05) is 48.5 Å². The largest absolute Gasteiger partial charge is 0.489 e. The van der Waals surface area contributed by atoms with E-state index in [2.05, 4.69) is 10.1 Å². The van der Waals surface area contributed by atoms with E-state index in [9.17, 15) is 9.59 Å². The molecule has 2 aromatic carbocycles. The van der Waals surface area contributed by atoms with Crippen molar-refractivity contribution in [3.63, 3.8) is 0 Å². The number of rotatable bonds is 8. The number of halogens is 1. The summed E-state index contributed by atoms with van der Waals surface area (Å²) in [6, 6.07) is 14.9. The van der Waals surface area contributed by atoms with Crippen LogP contribution in [0.15, 0.2) is 54.6 Å². The van der Waals surface area contributed by atoms with E-state index in [0.717, 1.165) is 11.1 Å². The predicted octanol–water partition coefficient (Wildman–Crippen LogP) is 3.61. The number of ether oxygens (including phenoxy) is 2. The molecule has 136 valence electrons. The Bertz CT molecular complexity index is 772. The molecule has 0 aliphatic heterocycles. The van der Waals surface area contributed by atoms with Crippen molar-refractivity contribution in [3.05, 3.63) is 70.8 Å². The van der Waals surface area contributed by atoms with Crippen LogP contribution in [-0.2, 0) is 20.9 Å². The summed E-state index contributed by atoms with van der Waals surface area (Å²) in [7, 11) is 1.31. The zero-order valence-corrected chi connectivity index (χ0v) is 15.2. The Kier molecular flexibility index (Phi) is 7.71. The molecule has 26 heavy (non-hydrogen) atoms. The lowest BCUT2D eigenvalue weighted by Gasteiger charge is -2.07. The van der Waals surface area contributed by atoms with E-state index in [4.69, 9.17) is 16.3 Å². The topological polar surface area (TPSA) is 64.6 Å². The third kappa shape index (κ3) is 6.61. The molecule has 2 rings (SSSR count). The number of carbonyl (C=O) groups excluding carboxylic acids is 2. The van der Waals surface area contributed by atoms with Gasteiger partial charge >= 0.3 is 5.97 Å². The molecule has 1 amide bonds. The molecule has 0 spiro atoms. The first-order chi connectivity index (χ1) is 12.6. The molecule has 0 heterocycles. The Morgan fingerprint density at radius 2 is 1.85 bits per heavy atom. The van der Waals surface area contributed by atoms with Gasteiger partial charge < -0.3 is 14.8 Å². The van der Waals surface area contributed by atoms with E-state index < -0.39 is 0 Å². The van der Waals surface area contributed by atoms with Gasteiger partial charge in [-0.05, 0) is 29.8 Å². The molecule has 0 saturated heterocycles. The fraction of sp³-hybridized carbons (Fsp3) is 0.200. The predicted molar refractivity (Wildman–Crippen MR) is 101 cm³/mol. The van der Waals surface area contributed by atoms with Crippen molar-refractivity contribution in [2.24, 2.45) is 0 Å². The van der Waals surface area contributed by atoms with Crippen molar-refractivity contribution in [2.75, 3.05) is 13.7 Å². The van der Waals surface area contributed by atoms with E-state index in [-0.39, 0.29) is 24.8 Å². The van der Waals surface area contributed by atoms with Gasteiger partial charge in [0.1, 0.15) is 12.4 Å². The smallest absolute Gasteiger partial charge is 0.307 e. The Balaban J connectivity index is 1.80. The fourth-order valence-corrected chi connectivity index (χ4v) is 2.26. The number of carbonyl (C=O) groups is 2. The third-order valence-corrected chi connectivity index (χ3v) is 3.88. The van der Waals surface area contributed by atoms with Crippen LogP contribution in [0.25, 0.3) is 6.08 Å². The zero-order valence-electron chi connectivity index (χ0n) is 14.4. The highest BCUT2D eigenvalue weighted by Gasteiger charge is 2.02. The van der Waals surface area contributed by atoms with Crippen LogP contribution in [0.1, 0.15) is 17.5 Å². The summed E-state index contributed by atoms with van der Waals surface area (Å²) in [5.41, 5.74) is 1.78. The summed E-state index contributed by atoms with van der Waals surface area (Å²) >= 11 is 6.10. The third-order valence-electron chi connectivity index (χ3n) is 3.52. The van der Waals surface area contributed by atoms with Gasteiger partial charge in [0, 0.05) is 23.2 Å². The van der Waals surface area contributed by atoms with Crippen molar-refractivity contribution < 1.29 is 19.1 Å². The van der Waals surface area contributed by atoms with E-state index in [1.165, 1.54) is 13.2 Å². The summed E-state index contributed by atoms with van der Waals surface area (Å²) in [6.07, 6.45) is 3.25. The van der Waals surface area contributed by atoms with Crippen LogP contribution in [-0.4, -0.2) is 25.5 Å². The first-order valence-corrected chi connectivity index (χ1v) is 8.45. The van der Waals surface area contributed by atoms with Crippen LogP contribution in [0, 0.1) is 0 Å². The summed E-state index contributed by atoms with van der Waals surface area (Å²) in [5.74, 6) is 0.0826. The Morgan fingerprint density at radius 1 is 1.12 bits per heavy atom. The van der Waals surface area contributed by atoms with E-state index >= 15 is 0 Å². The Morgan fingerprint density at radius 3 is 2.54 bits per heavy atom. The van der Waals surface area contributed by atoms with Gasteiger partial charge in [-0.25, -0.2) is 0 Å². The summed E-state index contributed by atoms with van der Waals surface area (Å²) in [6.45, 7) is 0.627. The van der Waals surface area contributed by atoms with Crippen LogP contribution >= 0.6 is 11.6 Å². The molecule has 1 N–H and O–H groups in total. The normalized spacial score (nSPS) is 10.5. The molecule has 0 saturated carbocycles. The van der Waals surface area contributed by atoms with Gasteiger partial charge in [0.05, 0.1) is 13.5 Å². The highest BCUT2D eigenvalue weighted by Crippen LogP contribution is 2.19. The minimum atomic E-state index is -0.360. The van der Waals surface area contributed by atoms with Gasteiger partial charge in [0.25, 0.3) is 0 Å². The molecule has 5 nitrogen and oxygen atoms in total. The number of nitrogens with one attached hydrogen (secondary N) is 1. The molecular weight excluding hydrogens is 354 g/mol. The molecule has 2 aromatic rings. The second-order valence-corrected chi connectivity index (χ2v) is 5.81. The standard InChI is InChI=1S/C20H20ClNO4/c1-25-20(24)12-13-22-19(23)11-8-15-6-9-17(10-7-15)26-14-16-4-2-3-5-18(16)21/h2-11H,12-14H2,1H3,(H,22,23)/b11-8+. The van der Waals surface area contributed by atoms with E-state index in [1.54, 1.807) is 6.08 Å². The molecule has 0 aliphatic carbocycles. The average molecular weight is 374 g/mol. The summed E-state index contributed by atoms with van der Waals surface area (Å²) < 4.78 is 10.2. The number of methoxy groups -OCH3 is 1. The SMILES string of the molecule is COC(=O)CCNC(=O)/C=C/c1ccc(OCc2ccccc2Cl)cc1. The molecular formula is C20H20ClNO4. The van der Waals surface area contributed by atoms with Crippen molar-refractivity contribution in [1.82, 2.24) is 5.32 Å². The molecule has 0 unspecified atom stereocenters. The van der Waals surface area contributed by atoms with Gasteiger partial charge in [-0.3, -0.25) is 9.59 Å². The summed E-state index contributed by atoms with van der Waals surface area (Å²) in [4.78, 5) is 22.6. The van der Waals surface area contributed by atoms with Crippen molar-refractivity contribution in [2.45, 2.75) is 13.0 Å². The zero-order chi connectivity index (χ0) is 18.8. The summed E-state index contributed by atoms with van der Waals surface area (Å²) in [5, 5.41) is 3.28. The van der Waals surface area contributed by atoms with Gasteiger partial charge in [-0.2, -0.15) is 0 Å². The minimum Gasteiger partial charge on any atom is -0.489 e. The van der Waals surface area contributed by atoms with Crippen molar-refractivity contribution in [3.8, 4) is 5.75 Å². The minimum absolute atomic E-state index is 0.146. The lowest BCUT2D eigenvalue weighted by molar-refractivity contribution is -0.140. The van der Waals surface area contributed by atoms with Crippen LogP contribution in [0.4, 0.5) is 0 Å². The fourth-order valence-electron chi connectivity index (χ4n) is 2.07. The molecule has 0 bridgehead atoms. The quantitative estimate of drug-likeness (QED) is 0.567. The number of hydrogen-bond donors (Lipinski definition) is 1. The molecule has 0 radical (unpaired) electrons. The second-order valence-electron chi connectivity index (χ2n) is 5.40. The highest BCUT2D eigenvalue weighted by molar-refractivity contribution is 6.31. The van der Waals surface area contributed by atoms with E-state index in [0.29, 0.717) is 17.4 Å². The van der Waals surface area contributed by atoms with Gasteiger partial charge in [0.15, 0.2) is 0 Å². The van der Waals surface area contributed by atoms with Crippen LogP contribution in [0.5, 0.6) is 5.75 Å². The monoisotopic (exact) mass is 373 g/mol. The number of amides is 1. The second kappa shape index (κ2) is 10.3. The lowest BCUT2D eigenvalue weighted by Crippen LogP contribution is -2.24. The number of benzene rings is 2. The number of hydrogen-bond acceptors (Lipinski definition) is 4. The molecule has 0 atom stereocenters. The number of esters is 1. The first-order valence-electron chi connectivity index (χ1n) is 8.07. The Labute approximate surface area is 157 Å². The van der Waals surface area contributed by atoms with Crippen LogP contribution in [0.2, 0.25) is 5.02 Å². The lowest BCUT2D eigenvalue weighted by atomic mass is 10.2. The molecule has 0 aliphatic rings. The molecule has 0 aromatic heterocycles. The van der Waals surface area contributed by atoms with Crippen molar-refractivity contribution >= 4 is 29.6 Å². The molecule has 6 heteroatoms. The van der Waals surface area contributed by atoms with Gasteiger partial charge in [-0.15, -0.1) is 0 Å². The maximum atomic E-state index is 11.7. The van der Waals surface area contributed by atoms with Gasteiger partial charge in [0.2, 0.25) is 5.91 Å². The molecule has 0 fully saturated rings. The first kappa shape index (κ1) is 19.5. The van der Waals surface area contributed by atoms with Gasteiger partial charge in [-0.1, -0.05) is 41.9 Å². The van der Waals surface area contributed by atoms with Crippen LogP contribution in [0.3, 0.4) is 0 Å². The maximum absolute atomic E-state index is 11.7. The Hall–Kier alpha value is -2.79. The van der Waals surface area contributed by atoms with Crippen LogP contribution < -0.4 is 10.1 Å².